The monoisotopic (exact) mass is 278 g/mol. The van der Waals surface area contributed by atoms with E-state index in [0.717, 1.165) is 10.2 Å². The molecule has 0 amide bonds. The highest BCUT2D eigenvalue weighted by molar-refractivity contribution is 8.09. The molecule has 1 aromatic carbocycles. The number of hydrogen-bond donors (Lipinski definition) is 1. The summed E-state index contributed by atoms with van der Waals surface area (Å²) in [7, 11) is -1.02. The first-order chi connectivity index (χ1) is 7.13. The zero-order valence-corrected chi connectivity index (χ0v) is 11.3. The van der Waals surface area contributed by atoms with E-state index in [1.165, 1.54) is 11.3 Å². The number of aromatic nitrogens is 1. The summed E-state index contributed by atoms with van der Waals surface area (Å²) in [5.41, 5.74) is 0.718. The zero-order chi connectivity index (χ0) is 10.9. The number of thiazole rings is 1. The van der Waals surface area contributed by atoms with E-state index in [9.17, 15) is 8.42 Å². The predicted octanol–water partition coefficient (Wildman–Crippen LogP) is 1.96. The molecule has 0 aliphatic rings. The van der Waals surface area contributed by atoms with Gasteiger partial charge in [-0.25, -0.2) is 13.4 Å². The largest absolute Gasteiger partial charge is 0.271 e. The molecule has 2 rings (SSSR count). The molecule has 0 saturated heterocycles. The second kappa shape index (κ2) is 4.40. The van der Waals surface area contributed by atoms with Gasteiger partial charge in [-0.05, 0) is 20.6 Å². The van der Waals surface area contributed by atoms with E-state index in [2.05, 4.69) is 18.4 Å². The van der Waals surface area contributed by atoms with Gasteiger partial charge in [0, 0.05) is 0 Å². The van der Waals surface area contributed by atoms with Crippen molar-refractivity contribution >= 4 is 48.9 Å². The number of nitrogens with zero attached hydrogens (tertiary/aromatic N) is 1. The summed E-state index contributed by atoms with van der Waals surface area (Å²) in [6.45, 7) is 0. The van der Waals surface area contributed by atoms with Gasteiger partial charge in [-0.3, -0.25) is 0 Å². The summed E-state index contributed by atoms with van der Waals surface area (Å²) in [5, 5.41) is 0. The van der Waals surface area contributed by atoms with Crippen molar-refractivity contribution < 1.29 is 8.42 Å². The molecular weight excluding hydrogens is 270 g/mol. The standard InChI is InChI=1S/C7H8N2O2P2S2/c10-15(11,9-13-12)7-8-5-3-1-2-4-6(5)14-7/h1-4,9,13H,12H2. The summed E-state index contributed by atoms with van der Waals surface area (Å²) >= 11 is 1.18. The average Bonchev–Trinajstić information content (AvgIpc) is 2.61. The molecule has 0 bridgehead atoms. The topological polar surface area (TPSA) is 59.1 Å². The molecule has 0 saturated carbocycles. The molecule has 0 aliphatic heterocycles. The van der Waals surface area contributed by atoms with Crippen molar-refractivity contribution in [1.82, 2.24) is 9.48 Å². The second-order valence-electron chi connectivity index (χ2n) is 2.70. The molecule has 0 fully saturated rings. The maximum absolute atomic E-state index is 11.6. The lowest BCUT2D eigenvalue weighted by atomic mass is 10.3. The predicted molar refractivity (Wildman–Crippen MR) is 68.0 cm³/mol. The van der Waals surface area contributed by atoms with Gasteiger partial charge in [0.25, 0.3) is 10.0 Å². The first-order valence-corrected chi connectivity index (χ1v) is 9.07. The molecule has 1 N–H and O–H groups in total. The number of sulfonamides is 1. The molecular formula is C7H8N2O2P2S2. The van der Waals surface area contributed by atoms with Gasteiger partial charge in [-0.15, -0.1) is 11.3 Å². The number of nitrogens with one attached hydrogen (secondary N) is 1. The molecule has 80 valence electrons. The Hall–Kier alpha value is -0.120. The molecule has 2 unspecified atom stereocenters. The van der Waals surface area contributed by atoms with Gasteiger partial charge in [0.2, 0.25) is 4.34 Å². The third-order valence-corrected chi connectivity index (χ3v) is 6.59. The molecule has 1 aromatic heterocycles. The molecule has 8 heteroatoms. The minimum absolute atomic E-state index is 0.0670. The lowest BCUT2D eigenvalue weighted by Gasteiger charge is -1.97. The van der Waals surface area contributed by atoms with Gasteiger partial charge in [0.15, 0.2) is 0 Å². The van der Waals surface area contributed by atoms with Gasteiger partial charge in [-0.1, -0.05) is 21.1 Å². The Morgan fingerprint density at radius 3 is 2.80 bits per heavy atom. The van der Waals surface area contributed by atoms with Crippen molar-refractivity contribution in [2.24, 2.45) is 0 Å². The summed E-state index contributed by atoms with van der Waals surface area (Å²) in [4.78, 5) is 4.07. The van der Waals surface area contributed by atoms with E-state index in [0.29, 0.717) is 0 Å². The van der Waals surface area contributed by atoms with E-state index < -0.39 is 10.0 Å². The fourth-order valence-corrected chi connectivity index (χ4v) is 5.45. The van der Waals surface area contributed by atoms with E-state index >= 15 is 0 Å². The fraction of sp³-hybridized carbons (Fsp3) is 0. The van der Waals surface area contributed by atoms with Crippen molar-refractivity contribution in [2.75, 3.05) is 0 Å². The molecule has 4 nitrogen and oxygen atoms in total. The molecule has 0 radical (unpaired) electrons. The summed E-state index contributed by atoms with van der Waals surface area (Å²) in [6, 6.07) is 7.36. The fourth-order valence-electron chi connectivity index (χ4n) is 1.09. The molecule has 2 aromatic rings. The van der Waals surface area contributed by atoms with Crippen molar-refractivity contribution in [3.63, 3.8) is 0 Å². The van der Waals surface area contributed by atoms with Crippen molar-refractivity contribution in [2.45, 2.75) is 4.34 Å². The van der Waals surface area contributed by atoms with E-state index in [-0.39, 0.29) is 12.8 Å². The maximum atomic E-state index is 11.6. The van der Waals surface area contributed by atoms with Gasteiger partial charge in [0.05, 0.1) is 10.2 Å². The van der Waals surface area contributed by atoms with Crippen LogP contribution in [0.25, 0.3) is 10.2 Å². The normalized spacial score (nSPS) is 12.9. The van der Waals surface area contributed by atoms with Gasteiger partial charge in [0.1, 0.15) is 0 Å². The van der Waals surface area contributed by atoms with Crippen LogP contribution in [-0.2, 0) is 10.0 Å². The average molecular weight is 278 g/mol. The Morgan fingerprint density at radius 2 is 2.13 bits per heavy atom. The summed E-state index contributed by atoms with van der Waals surface area (Å²) in [5.74, 6) is 0. The van der Waals surface area contributed by atoms with Gasteiger partial charge < -0.3 is 0 Å². The summed E-state index contributed by atoms with van der Waals surface area (Å²) in [6.07, 6.45) is 0. The van der Waals surface area contributed by atoms with Crippen LogP contribution < -0.4 is 4.49 Å². The highest BCUT2D eigenvalue weighted by Gasteiger charge is 2.17. The van der Waals surface area contributed by atoms with Crippen molar-refractivity contribution in [3.8, 4) is 0 Å². The Morgan fingerprint density at radius 1 is 1.40 bits per heavy atom. The van der Waals surface area contributed by atoms with Crippen LogP contribution in [0.4, 0.5) is 0 Å². The number of hydrogen-bond acceptors (Lipinski definition) is 4. The van der Waals surface area contributed by atoms with E-state index in [1.807, 2.05) is 18.2 Å². The Balaban J connectivity index is 2.54. The number of rotatable bonds is 3. The third kappa shape index (κ3) is 2.35. The van der Waals surface area contributed by atoms with Crippen LogP contribution in [0.5, 0.6) is 0 Å². The van der Waals surface area contributed by atoms with Crippen LogP contribution in [-0.4, -0.2) is 13.4 Å². The summed E-state index contributed by atoms with van der Waals surface area (Å²) < 4.78 is 26.7. The molecule has 0 aliphatic carbocycles. The zero-order valence-electron chi connectivity index (χ0n) is 7.47. The molecule has 0 spiro atoms. The van der Waals surface area contributed by atoms with E-state index in [1.54, 1.807) is 6.07 Å². The minimum Gasteiger partial charge on any atom is -0.224 e. The maximum Gasteiger partial charge on any atom is 0.271 e. The SMILES string of the molecule is O=S(=O)(NPP)c1nc2ccccc2s1. The van der Waals surface area contributed by atoms with Crippen molar-refractivity contribution in [3.05, 3.63) is 24.3 Å². The first-order valence-electron chi connectivity index (χ1n) is 3.96. The van der Waals surface area contributed by atoms with Crippen molar-refractivity contribution in [1.29, 1.82) is 0 Å². The Kier molecular flexibility index (Phi) is 3.33. The van der Waals surface area contributed by atoms with Gasteiger partial charge >= 0.3 is 0 Å². The number of para-hydroxylation sites is 1. The quantitative estimate of drug-likeness (QED) is 0.873. The van der Waals surface area contributed by atoms with Crippen LogP contribution in [0.1, 0.15) is 0 Å². The lowest BCUT2D eigenvalue weighted by Crippen LogP contribution is -2.13. The molecule has 2 atom stereocenters. The first kappa shape index (κ1) is 11.4. The highest BCUT2D eigenvalue weighted by atomic mass is 32.3. The van der Waals surface area contributed by atoms with Gasteiger partial charge in [-0.2, -0.15) is 4.49 Å². The third-order valence-electron chi connectivity index (χ3n) is 1.70. The molecule has 1 heterocycles. The Labute approximate surface area is 95.5 Å². The number of fused-ring (bicyclic) bond motifs is 1. The molecule has 15 heavy (non-hydrogen) atoms. The second-order valence-corrected chi connectivity index (χ2v) is 7.35. The van der Waals surface area contributed by atoms with Crippen LogP contribution >= 0.6 is 28.7 Å². The minimum atomic E-state index is -3.42. The number of benzene rings is 1. The van der Waals surface area contributed by atoms with Crippen LogP contribution in [0.3, 0.4) is 0 Å². The van der Waals surface area contributed by atoms with Crippen LogP contribution in [0.15, 0.2) is 28.6 Å². The van der Waals surface area contributed by atoms with Crippen LogP contribution in [0.2, 0.25) is 0 Å². The van der Waals surface area contributed by atoms with Crippen LogP contribution in [0, 0.1) is 0 Å². The van der Waals surface area contributed by atoms with E-state index in [4.69, 9.17) is 0 Å². The Bertz CT molecular complexity index is 548. The highest BCUT2D eigenvalue weighted by Crippen LogP contribution is 2.27. The lowest BCUT2D eigenvalue weighted by molar-refractivity contribution is 0.594. The smallest absolute Gasteiger partial charge is 0.224 e.